The van der Waals surface area contributed by atoms with Crippen LogP contribution in [-0.2, 0) is 33.5 Å². The van der Waals surface area contributed by atoms with E-state index in [4.69, 9.17) is 19.7 Å². The van der Waals surface area contributed by atoms with Crippen molar-refractivity contribution >= 4 is 53.2 Å². The number of hydrogen-bond donors (Lipinski definition) is 4. The predicted octanol–water partition coefficient (Wildman–Crippen LogP) is -1.50. The number of imide groups is 1. The summed E-state index contributed by atoms with van der Waals surface area (Å²) in [5.74, 6) is -4.40. The molecular weight excluding hydrogens is 490 g/mol. The number of urea groups is 1. The van der Waals surface area contributed by atoms with Crippen molar-refractivity contribution in [2.24, 2.45) is 10.9 Å². The van der Waals surface area contributed by atoms with Gasteiger partial charge in [0.15, 0.2) is 12.4 Å². The zero-order chi connectivity index (χ0) is 25.7. The molecular formula is C19H19N5O10S. The summed E-state index contributed by atoms with van der Waals surface area (Å²) in [7, 11) is 0. The van der Waals surface area contributed by atoms with E-state index >= 15 is 0 Å². The molecule has 0 aromatic carbocycles. The number of β-lactam (4-membered cyclic amide) rings is 1. The van der Waals surface area contributed by atoms with Gasteiger partial charge in [-0.1, -0.05) is 5.16 Å². The van der Waals surface area contributed by atoms with Crippen LogP contribution >= 0.6 is 11.8 Å². The summed E-state index contributed by atoms with van der Waals surface area (Å²) in [6, 6.07) is 0.632. The Balaban J connectivity index is 1.73. The molecule has 2 atom stereocenters. The van der Waals surface area contributed by atoms with Crippen molar-refractivity contribution < 1.29 is 47.9 Å². The minimum Gasteiger partial charge on any atom is -0.477 e. The maximum atomic E-state index is 12.9. The van der Waals surface area contributed by atoms with Crippen LogP contribution in [0.5, 0.6) is 0 Å². The number of carbonyl (C=O) groups is 6. The number of rotatable bonds is 9. The van der Waals surface area contributed by atoms with E-state index in [9.17, 15) is 33.9 Å². The molecule has 0 aliphatic carbocycles. The smallest absolute Gasteiger partial charge is 0.352 e. The van der Waals surface area contributed by atoms with Crippen LogP contribution in [0.25, 0.3) is 0 Å². The van der Waals surface area contributed by atoms with Crippen molar-refractivity contribution in [1.29, 1.82) is 0 Å². The second-order valence-corrected chi connectivity index (χ2v) is 8.11. The van der Waals surface area contributed by atoms with E-state index in [-0.39, 0.29) is 29.4 Å². The number of thioether (sulfide) groups is 1. The number of aliphatic carboxylic acids is 1. The number of nitrogens with zero attached hydrogens (tertiary/aromatic N) is 2. The Morgan fingerprint density at radius 1 is 1.34 bits per heavy atom. The minimum atomic E-state index is -1.38. The molecule has 0 radical (unpaired) electrons. The normalized spacial score (nSPS) is 19.3. The van der Waals surface area contributed by atoms with Crippen molar-refractivity contribution in [3.63, 3.8) is 0 Å². The standard InChI is InChI=1S/C19H19N5O10S/c1-8(25)33-5-9-7-35-17-13(16(28)24(17)14(9)18(29)30)22-15(27)12(10-3-2-4-32-10)23-34-6-11(26)21-19(20)31/h2-4,13,17H,5-7H2,1H3,(H,22,27)(H,29,30)(H3,20,21,26,31)/b23-12+/t13-,17-/m1/s1. The Labute approximate surface area is 200 Å². The number of carboxylic acid groups (broad SMARTS) is 1. The van der Waals surface area contributed by atoms with Crippen molar-refractivity contribution in [2.75, 3.05) is 19.0 Å². The molecule has 1 aromatic heterocycles. The zero-order valence-electron chi connectivity index (χ0n) is 18.0. The van der Waals surface area contributed by atoms with Crippen LogP contribution in [-0.4, -0.2) is 81.8 Å². The highest BCUT2D eigenvalue weighted by molar-refractivity contribution is 8.00. The van der Waals surface area contributed by atoms with Gasteiger partial charge in [0.1, 0.15) is 23.7 Å². The lowest BCUT2D eigenvalue weighted by atomic mass is 10.0. The summed E-state index contributed by atoms with van der Waals surface area (Å²) < 4.78 is 10.0. The van der Waals surface area contributed by atoms with Crippen molar-refractivity contribution in [1.82, 2.24) is 15.5 Å². The number of nitrogens with one attached hydrogen (secondary N) is 2. The summed E-state index contributed by atoms with van der Waals surface area (Å²) in [6.45, 7) is 0.145. The maximum Gasteiger partial charge on any atom is 0.352 e. The van der Waals surface area contributed by atoms with E-state index < -0.39 is 59.4 Å². The highest BCUT2D eigenvalue weighted by Crippen LogP contribution is 2.40. The number of carbonyl (C=O) groups excluding carboxylic acids is 5. The molecule has 1 fully saturated rings. The average Bonchev–Trinajstić information content (AvgIpc) is 3.31. The lowest BCUT2D eigenvalue weighted by molar-refractivity contribution is -0.150. The average molecular weight is 509 g/mol. The molecule has 0 unspecified atom stereocenters. The molecule has 3 rings (SSSR count). The van der Waals surface area contributed by atoms with E-state index in [1.54, 1.807) is 5.32 Å². The zero-order valence-corrected chi connectivity index (χ0v) is 18.8. The van der Waals surface area contributed by atoms with Crippen molar-refractivity contribution in [3.8, 4) is 0 Å². The Hall–Kier alpha value is -4.34. The molecule has 16 heteroatoms. The molecule has 1 aromatic rings. The van der Waals surface area contributed by atoms with Crippen molar-refractivity contribution in [2.45, 2.75) is 18.3 Å². The Kier molecular flexibility index (Phi) is 7.75. The fourth-order valence-corrected chi connectivity index (χ4v) is 4.46. The molecule has 2 aliphatic rings. The highest BCUT2D eigenvalue weighted by atomic mass is 32.2. The third kappa shape index (κ3) is 5.78. The molecule has 0 saturated carbocycles. The fraction of sp³-hybridized carbons (Fsp3) is 0.316. The quantitative estimate of drug-likeness (QED) is 0.130. The van der Waals surface area contributed by atoms with Gasteiger partial charge in [0.05, 0.1) is 6.26 Å². The van der Waals surface area contributed by atoms with Gasteiger partial charge in [-0.05, 0) is 12.1 Å². The number of esters is 1. The monoisotopic (exact) mass is 509 g/mol. The predicted molar refractivity (Wildman–Crippen MR) is 115 cm³/mol. The molecule has 186 valence electrons. The van der Waals surface area contributed by atoms with Crippen LogP contribution in [0.4, 0.5) is 4.79 Å². The first-order valence-electron chi connectivity index (χ1n) is 9.77. The topological polar surface area (TPSA) is 220 Å². The third-order valence-electron chi connectivity index (χ3n) is 4.57. The number of nitrogens with two attached hydrogens (primary N) is 1. The molecule has 15 nitrogen and oxygen atoms in total. The van der Waals surface area contributed by atoms with E-state index in [2.05, 4.69) is 10.5 Å². The number of amides is 5. The number of fused-ring (bicyclic) bond motifs is 1. The SMILES string of the molecule is CC(=O)OCC1=C(C(=O)O)N2C(=O)[C@@H](NC(=O)/C(=N/OCC(=O)NC(N)=O)c3ccco3)[C@H]2SC1. The number of carboxylic acids is 1. The van der Waals surface area contributed by atoms with Crippen LogP contribution in [0.2, 0.25) is 0 Å². The number of furan rings is 1. The molecule has 2 aliphatic heterocycles. The molecule has 0 bridgehead atoms. The largest absolute Gasteiger partial charge is 0.477 e. The van der Waals surface area contributed by atoms with E-state index in [0.29, 0.717) is 0 Å². The number of oxime groups is 1. The van der Waals surface area contributed by atoms with Crippen LogP contribution in [0, 0.1) is 0 Å². The van der Waals surface area contributed by atoms with E-state index in [1.165, 1.54) is 37.1 Å². The van der Waals surface area contributed by atoms with Gasteiger partial charge in [-0.3, -0.25) is 29.4 Å². The number of ether oxygens (including phenoxy) is 1. The van der Waals surface area contributed by atoms with E-state index in [0.717, 1.165) is 4.90 Å². The fourth-order valence-electron chi connectivity index (χ4n) is 3.13. The lowest BCUT2D eigenvalue weighted by Crippen LogP contribution is -2.71. The van der Waals surface area contributed by atoms with Gasteiger partial charge >= 0.3 is 18.0 Å². The van der Waals surface area contributed by atoms with Crippen LogP contribution in [0.3, 0.4) is 0 Å². The maximum absolute atomic E-state index is 12.9. The number of primary amides is 1. The molecule has 1 saturated heterocycles. The Bertz CT molecular complexity index is 1130. The minimum absolute atomic E-state index is 0.0486. The highest BCUT2D eigenvalue weighted by Gasteiger charge is 2.54. The summed E-state index contributed by atoms with van der Waals surface area (Å²) in [4.78, 5) is 76.4. The molecule has 5 amide bonds. The van der Waals surface area contributed by atoms with Gasteiger partial charge in [0.2, 0.25) is 5.71 Å². The molecule has 3 heterocycles. The molecule has 35 heavy (non-hydrogen) atoms. The second kappa shape index (κ2) is 10.7. The van der Waals surface area contributed by atoms with Gasteiger partial charge in [-0.25, -0.2) is 9.59 Å². The van der Waals surface area contributed by atoms with Crippen molar-refractivity contribution in [3.05, 3.63) is 35.4 Å². The molecule has 0 spiro atoms. The summed E-state index contributed by atoms with van der Waals surface area (Å²) in [6.07, 6.45) is 1.25. The van der Waals surface area contributed by atoms with Gasteiger partial charge in [0, 0.05) is 18.2 Å². The summed E-state index contributed by atoms with van der Waals surface area (Å²) in [5.41, 5.74) is 4.33. The van der Waals surface area contributed by atoms with Gasteiger partial charge < -0.3 is 30.1 Å². The summed E-state index contributed by atoms with van der Waals surface area (Å²) >= 11 is 1.17. The first kappa shape index (κ1) is 25.3. The first-order chi connectivity index (χ1) is 16.6. The van der Waals surface area contributed by atoms with Gasteiger partial charge in [-0.15, -0.1) is 11.8 Å². The summed E-state index contributed by atoms with van der Waals surface area (Å²) in [5, 5.41) is 16.6. The number of hydrogen-bond acceptors (Lipinski definition) is 11. The lowest BCUT2D eigenvalue weighted by Gasteiger charge is -2.49. The van der Waals surface area contributed by atoms with E-state index in [1.807, 2.05) is 0 Å². The Morgan fingerprint density at radius 3 is 2.69 bits per heavy atom. The van der Waals surface area contributed by atoms with Gasteiger partial charge in [0.25, 0.3) is 17.7 Å². The van der Waals surface area contributed by atoms with Crippen LogP contribution in [0.15, 0.2) is 39.2 Å². The Morgan fingerprint density at radius 2 is 2.09 bits per heavy atom. The first-order valence-corrected chi connectivity index (χ1v) is 10.8. The van der Waals surface area contributed by atoms with Crippen LogP contribution < -0.4 is 16.4 Å². The second-order valence-electron chi connectivity index (χ2n) is 7.00. The van der Waals surface area contributed by atoms with Crippen LogP contribution in [0.1, 0.15) is 12.7 Å². The van der Waals surface area contributed by atoms with Gasteiger partial charge in [-0.2, -0.15) is 0 Å². The third-order valence-corrected chi connectivity index (χ3v) is 5.91. The molecule has 5 N–H and O–H groups in total.